The molecule has 0 atom stereocenters. The van der Waals surface area contributed by atoms with Gasteiger partial charge in [-0.2, -0.15) is 5.10 Å². The minimum Gasteiger partial charge on any atom is -0.353 e. The first-order valence-electron chi connectivity index (χ1n) is 12.7. The average Bonchev–Trinajstić information content (AvgIpc) is 3.64. The fourth-order valence-corrected chi connectivity index (χ4v) is 5.38. The molecule has 0 amide bonds. The lowest BCUT2D eigenvalue weighted by Gasteiger charge is -2.15. The van der Waals surface area contributed by atoms with E-state index < -0.39 is 5.92 Å². The van der Waals surface area contributed by atoms with Gasteiger partial charge in [-0.15, -0.1) is 0 Å². The second kappa shape index (κ2) is 9.06. The average molecular weight is 525 g/mol. The van der Waals surface area contributed by atoms with Crippen molar-refractivity contribution in [3.05, 3.63) is 90.6 Å². The number of benzene rings is 2. The molecule has 39 heavy (non-hydrogen) atoms. The first-order chi connectivity index (χ1) is 18.9. The van der Waals surface area contributed by atoms with Crippen molar-refractivity contribution in [1.82, 2.24) is 30.0 Å². The standard InChI is InChI=1S/C30H23F3N6/c31-21-4-1-3-19(10-21)22-5-2-6-25-23(22)11-27(36-25)29-24-12-26(35-15-28(24)37-38-29)20-9-18(13-34-14-20)16-39-8-7-30(32,33)17-39/h1-6,9-15,36H,7-8,16-17H2,(H,37,38). The number of nitrogens with one attached hydrogen (secondary N) is 2. The third-order valence-corrected chi connectivity index (χ3v) is 7.25. The number of H-pyrrole nitrogens is 2. The zero-order chi connectivity index (χ0) is 26.6. The van der Waals surface area contributed by atoms with Crippen LogP contribution in [0.5, 0.6) is 0 Å². The number of alkyl halides is 2. The van der Waals surface area contributed by atoms with Crippen LogP contribution in [0.3, 0.4) is 0 Å². The maximum atomic E-state index is 13.9. The normalized spacial score (nSPS) is 15.5. The van der Waals surface area contributed by atoms with Gasteiger partial charge in [0.25, 0.3) is 5.92 Å². The van der Waals surface area contributed by atoms with Gasteiger partial charge in [0.1, 0.15) is 11.5 Å². The Morgan fingerprint density at radius 2 is 1.79 bits per heavy atom. The lowest BCUT2D eigenvalue weighted by atomic mass is 10.0. The second-order valence-corrected chi connectivity index (χ2v) is 10.0. The number of halogens is 3. The number of aromatic amines is 2. The molecule has 1 aliphatic heterocycles. The van der Waals surface area contributed by atoms with Gasteiger partial charge < -0.3 is 4.98 Å². The van der Waals surface area contributed by atoms with Gasteiger partial charge >= 0.3 is 0 Å². The SMILES string of the molecule is Fc1cccc(-c2cccc3[nH]c(-c4n[nH]c5cnc(-c6cncc(CN7CCC(F)(F)C7)c6)cc45)cc23)c1. The van der Waals surface area contributed by atoms with Crippen molar-refractivity contribution in [2.45, 2.75) is 18.9 Å². The Bertz CT molecular complexity index is 1840. The molecule has 194 valence electrons. The minimum atomic E-state index is -2.63. The van der Waals surface area contributed by atoms with Crippen molar-refractivity contribution in [3.63, 3.8) is 0 Å². The van der Waals surface area contributed by atoms with Crippen LogP contribution in [0.25, 0.3) is 55.6 Å². The molecule has 6 aromatic rings. The number of nitrogens with zero attached hydrogens (tertiary/aromatic N) is 4. The molecular formula is C30H23F3N6. The number of fused-ring (bicyclic) bond motifs is 2. The van der Waals surface area contributed by atoms with Crippen LogP contribution < -0.4 is 0 Å². The van der Waals surface area contributed by atoms with Crippen molar-refractivity contribution in [3.8, 4) is 33.8 Å². The Balaban J connectivity index is 1.25. The van der Waals surface area contributed by atoms with E-state index in [0.717, 1.165) is 55.4 Å². The molecule has 0 saturated carbocycles. The van der Waals surface area contributed by atoms with Crippen LogP contribution in [0.4, 0.5) is 13.2 Å². The first kappa shape index (κ1) is 23.6. The maximum absolute atomic E-state index is 13.9. The van der Waals surface area contributed by atoms with E-state index in [0.29, 0.717) is 18.8 Å². The number of hydrogen-bond donors (Lipinski definition) is 2. The zero-order valence-electron chi connectivity index (χ0n) is 20.8. The van der Waals surface area contributed by atoms with E-state index in [1.165, 1.54) is 12.1 Å². The summed E-state index contributed by atoms with van der Waals surface area (Å²) < 4.78 is 41.2. The summed E-state index contributed by atoms with van der Waals surface area (Å²) in [6.07, 6.45) is 5.06. The summed E-state index contributed by atoms with van der Waals surface area (Å²) in [6.45, 7) is 0.550. The molecule has 2 N–H and O–H groups in total. The summed E-state index contributed by atoms with van der Waals surface area (Å²) in [7, 11) is 0. The van der Waals surface area contributed by atoms with Crippen LogP contribution in [-0.4, -0.2) is 49.1 Å². The third kappa shape index (κ3) is 4.44. The van der Waals surface area contributed by atoms with E-state index in [1.54, 1.807) is 29.6 Å². The number of hydrogen-bond acceptors (Lipinski definition) is 4. The maximum Gasteiger partial charge on any atom is 0.261 e. The largest absolute Gasteiger partial charge is 0.353 e. The van der Waals surface area contributed by atoms with Crippen LogP contribution in [0.15, 0.2) is 79.3 Å². The molecule has 9 heteroatoms. The topological polar surface area (TPSA) is 73.5 Å². The van der Waals surface area contributed by atoms with E-state index in [2.05, 4.69) is 25.1 Å². The predicted molar refractivity (Wildman–Crippen MR) is 145 cm³/mol. The molecule has 1 fully saturated rings. The van der Waals surface area contributed by atoms with Crippen LogP contribution in [-0.2, 0) is 6.54 Å². The fourth-order valence-electron chi connectivity index (χ4n) is 5.38. The first-order valence-corrected chi connectivity index (χ1v) is 12.7. The van der Waals surface area contributed by atoms with Crippen LogP contribution >= 0.6 is 0 Å². The summed E-state index contributed by atoms with van der Waals surface area (Å²) >= 11 is 0. The fraction of sp³-hybridized carbons (Fsp3) is 0.167. The summed E-state index contributed by atoms with van der Waals surface area (Å²) in [6, 6.07) is 18.4. The third-order valence-electron chi connectivity index (χ3n) is 7.25. The van der Waals surface area contributed by atoms with E-state index >= 15 is 0 Å². The molecule has 0 bridgehead atoms. The van der Waals surface area contributed by atoms with Gasteiger partial charge in [0.05, 0.1) is 29.6 Å². The Morgan fingerprint density at radius 1 is 0.897 bits per heavy atom. The van der Waals surface area contributed by atoms with E-state index in [-0.39, 0.29) is 18.8 Å². The molecular weight excluding hydrogens is 501 g/mol. The second-order valence-electron chi connectivity index (χ2n) is 10.0. The zero-order valence-corrected chi connectivity index (χ0v) is 20.8. The lowest BCUT2D eigenvalue weighted by Crippen LogP contribution is -2.24. The minimum absolute atomic E-state index is 0.112. The molecule has 6 nitrogen and oxygen atoms in total. The molecule has 0 radical (unpaired) electrons. The Hall–Kier alpha value is -4.50. The van der Waals surface area contributed by atoms with E-state index in [9.17, 15) is 13.2 Å². The highest BCUT2D eigenvalue weighted by atomic mass is 19.3. The van der Waals surface area contributed by atoms with Crippen molar-refractivity contribution < 1.29 is 13.2 Å². The van der Waals surface area contributed by atoms with Gasteiger partial charge in [0, 0.05) is 53.8 Å². The summed E-state index contributed by atoms with van der Waals surface area (Å²) in [5.41, 5.74) is 7.35. The summed E-state index contributed by atoms with van der Waals surface area (Å²) in [5.74, 6) is -2.91. The highest BCUT2D eigenvalue weighted by Crippen LogP contribution is 2.35. The molecule has 0 unspecified atom stereocenters. The van der Waals surface area contributed by atoms with Crippen molar-refractivity contribution in [1.29, 1.82) is 0 Å². The van der Waals surface area contributed by atoms with Crippen molar-refractivity contribution >= 4 is 21.8 Å². The lowest BCUT2D eigenvalue weighted by molar-refractivity contribution is 0.0115. The van der Waals surface area contributed by atoms with Crippen LogP contribution in [0, 0.1) is 5.82 Å². The quantitative estimate of drug-likeness (QED) is 0.260. The highest BCUT2D eigenvalue weighted by molar-refractivity contribution is 6.01. The smallest absolute Gasteiger partial charge is 0.261 e. The molecule has 1 aliphatic rings. The molecule has 4 aromatic heterocycles. The number of aromatic nitrogens is 5. The van der Waals surface area contributed by atoms with Crippen LogP contribution in [0.1, 0.15) is 12.0 Å². The van der Waals surface area contributed by atoms with Gasteiger partial charge in [-0.25, -0.2) is 13.2 Å². The van der Waals surface area contributed by atoms with Gasteiger partial charge in [-0.1, -0.05) is 24.3 Å². The van der Waals surface area contributed by atoms with Crippen molar-refractivity contribution in [2.24, 2.45) is 0 Å². The Kier molecular flexibility index (Phi) is 5.48. The summed E-state index contributed by atoms with van der Waals surface area (Å²) in [5, 5.41) is 9.46. The molecule has 0 spiro atoms. The van der Waals surface area contributed by atoms with Crippen molar-refractivity contribution in [2.75, 3.05) is 13.1 Å². The number of likely N-dealkylation sites (tertiary alicyclic amines) is 1. The predicted octanol–water partition coefficient (Wildman–Crippen LogP) is 6.82. The number of rotatable bonds is 5. The van der Waals surface area contributed by atoms with Gasteiger partial charge in [0.2, 0.25) is 0 Å². The van der Waals surface area contributed by atoms with Gasteiger partial charge in [-0.3, -0.25) is 20.0 Å². The molecule has 0 aliphatic carbocycles. The molecule has 5 heterocycles. The highest BCUT2D eigenvalue weighted by Gasteiger charge is 2.37. The van der Waals surface area contributed by atoms with E-state index in [4.69, 9.17) is 0 Å². The Labute approximate surface area is 221 Å². The van der Waals surface area contributed by atoms with Gasteiger partial charge in [-0.05, 0) is 53.1 Å². The van der Waals surface area contributed by atoms with Gasteiger partial charge in [0.15, 0.2) is 0 Å². The number of pyridine rings is 2. The van der Waals surface area contributed by atoms with Crippen LogP contribution in [0.2, 0.25) is 0 Å². The Morgan fingerprint density at radius 3 is 2.64 bits per heavy atom. The van der Waals surface area contributed by atoms with E-state index in [1.807, 2.05) is 42.5 Å². The summed E-state index contributed by atoms with van der Waals surface area (Å²) in [4.78, 5) is 14.1. The molecule has 7 rings (SSSR count). The monoisotopic (exact) mass is 524 g/mol. The molecule has 1 saturated heterocycles. The molecule has 2 aromatic carbocycles.